The van der Waals surface area contributed by atoms with Crippen LogP contribution < -0.4 is 15.4 Å². The molecule has 0 spiro atoms. The monoisotopic (exact) mass is 360 g/mol. The predicted octanol–water partition coefficient (Wildman–Crippen LogP) is 3.45. The first-order chi connectivity index (χ1) is 11.8. The molecule has 3 rings (SSSR count). The highest BCUT2D eigenvalue weighted by Crippen LogP contribution is 2.14. The summed E-state index contributed by atoms with van der Waals surface area (Å²) in [6, 6.07) is 17.9. The van der Waals surface area contributed by atoms with Crippen molar-refractivity contribution in [3.8, 4) is 5.75 Å². The van der Waals surface area contributed by atoms with E-state index in [0.717, 1.165) is 42.7 Å². The van der Waals surface area contributed by atoms with E-state index < -0.39 is 0 Å². The molecule has 2 N–H and O–H groups in total. The number of hydrogen-bond donors (Lipinski definition) is 2. The van der Waals surface area contributed by atoms with E-state index in [1.54, 1.807) is 0 Å². The summed E-state index contributed by atoms with van der Waals surface area (Å²) in [4.78, 5) is 12.1. The minimum absolute atomic E-state index is 0. The zero-order valence-corrected chi connectivity index (χ0v) is 15.1. The molecular weight excluding hydrogens is 336 g/mol. The lowest BCUT2D eigenvalue weighted by Crippen LogP contribution is -2.46. The van der Waals surface area contributed by atoms with Crippen LogP contribution in [0.4, 0.5) is 0 Å². The van der Waals surface area contributed by atoms with Gasteiger partial charge in [-0.1, -0.05) is 48.9 Å². The standard InChI is InChI=1S/C20H24N2O2.ClH/c23-20(19-8-4-5-13-21-19)22-14-16-9-11-18(12-10-16)24-15-17-6-2-1-3-7-17;/h1-3,6-7,9-12,19,21H,4-5,8,13-15H2,(H,22,23);1H. The molecular formula is C20H25ClN2O2. The normalized spacial score (nSPS) is 16.6. The van der Waals surface area contributed by atoms with Gasteiger partial charge in [-0.05, 0) is 42.6 Å². The van der Waals surface area contributed by atoms with Crippen molar-refractivity contribution in [1.82, 2.24) is 10.6 Å². The van der Waals surface area contributed by atoms with E-state index in [2.05, 4.69) is 10.6 Å². The van der Waals surface area contributed by atoms with Crippen molar-refractivity contribution in [3.05, 3.63) is 65.7 Å². The van der Waals surface area contributed by atoms with Crippen LogP contribution >= 0.6 is 12.4 Å². The molecule has 1 fully saturated rings. The molecule has 1 heterocycles. The first-order valence-electron chi connectivity index (χ1n) is 8.58. The van der Waals surface area contributed by atoms with Crippen LogP contribution in [-0.2, 0) is 17.9 Å². The summed E-state index contributed by atoms with van der Waals surface area (Å²) in [7, 11) is 0. The van der Waals surface area contributed by atoms with E-state index in [0.29, 0.717) is 13.2 Å². The second-order valence-corrected chi connectivity index (χ2v) is 6.14. The Morgan fingerprint density at radius 2 is 1.80 bits per heavy atom. The van der Waals surface area contributed by atoms with Gasteiger partial charge in [-0.2, -0.15) is 0 Å². The van der Waals surface area contributed by atoms with Crippen LogP contribution in [0, 0.1) is 0 Å². The average molecular weight is 361 g/mol. The molecule has 1 unspecified atom stereocenters. The van der Waals surface area contributed by atoms with Gasteiger partial charge in [0.15, 0.2) is 0 Å². The Labute approximate surface area is 155 Å². The summed E-state index contributed by atoms with van der Waals surface area (Å²) in [6.07, 6.45) is 3.21. The average Bonchev–Trinajstić information content (AvgIpc) is 2.67. The highest BCUT2D eigenvalue weighted by Gasteiger charge is 2.19. The van der Waals surface area contributed by atoms with Crippen LogP contribution in [0.3, 0.4) is 0 Å². The van der Waals surface area contributed by atoms with Gasteiger partial charge >= 0.3 is 0 Å². The Bertz CT molecular complexity index is 641. The number of ether oxygens (including phenoxy) is 1. The molecule has 2 aromatic rings. The molecule has 4 nitrogen and oxygen atoms in total. The Morgan fingerprint density at radius 3 is 2.48 bits per heavy atom. The number of carbonyl (C=O) groups excluding carboxylic acids is 1. The van der Waals surface area contributed by atoms with Crippen molar-refractivity contribution < 1.29 is 9.53 Å². The fourth-order valence-electron chi connectivity index (χ4n) is 2.83. The fourth-order valence-corrected chi connectivity index (χ4v) is 2.83. The number of rotatable bonds is 6. The molecule has 1 aliphatic rings. The molecule has 0 aromatic heterocycles. The Morgan fingerprint density at radius 1 is 1.04 bits per heavy atom. The second-order valence-electron chi connectivity index (χ2n) is 6.14. The van der Waals surface area contributed by atoms with E-state index in [4.69, 9.17) is 4.74 Å². The summed E-state index contributed by atoms with van der Waals surface area (Å²) < 4.78 is 5.77. The number of hydrogen-bond acceptors (Lipinski definition) is 3. The molecule has 0 bridgehead atoms. The summed E-state index contributed by atoms with van der Waals surface area (Å²) in [6.45, 7) is 2.05. The molecule has 0 aliphatic carbocycles. The number of piperidine rings is 1. The van der Waals surface area contributed by atoms with Crippen LogP contribution in [0.25, 0.3) is 0 Å². The van der Waals surface area contributed by atoms with Gasteiger partial charge in [-0.25, -0.2) is 0 Å². The van der Waals surface area contributed by atoms with Gasteiger partial charge < -0.3 is 15.4 Å². The highest BCUT2D eigenvalue weighted by molar-refractivity contribution is 5.85. The molecule has 1 amide bonds. The van der Waals surface area contributed by atoms with E-state index in [-0.39, 0.29) is 24.4 Å². The zero-order chi connectivity index (χ0) is 16.6. The Balaban J connectivity index is 0.00000225. The van der Waals surface area contributed by atoms with Gasteiger partial charge in [0.2, 0.25) is 5.91 Å². The molecule has 134 valence electrons. The topological polar surface area (TPSA) is 50.4 Å². The van der Waals surface area contributed by atoms with Crippen LogP contribution in [0.1, 0.15) is 30.4 Å². The van der Waals surface area contributed by atoms with Crippen molar-refractivity contribution in [2.24, 2.45) is 0 Å². The van der Waals surface area contributed by atoms with Gasteiger partial charge in [0.05, 0.1) is 6.04 Å². The molecule has 0 saturated carbocycles. The molecule has 5 heteroatoms. The van der Waals surface area contributed by atoms with Crippen molar-refractivity contribution >= 4 is 18.3 Å². The van der Waals surface area contributed by atoms with E-state index in [1.807, 2.05) is 54.6 Å². The lowest BCUT2D eigenvalue weighted by molar-refractivity contribution is -0.123. The molecule has 2 aromatic carbocycles. The number of halogens is 1. The summed E-state index contributed by atoms with van der Waals surface area (Å²) in [5, 5.41) is 6.27. The third-order valence-electron chi connectivity index (χ3n) is 4.27. The van der Waals surface area contributed by atoms with Gasteiger partial charge in [0, 0.05) is 6.54 Å². The van der Waals surface area contributed by atoms with Gasteiger partial charge in [0.25, 0.3) is 0 Å². The molecule has 1 aliphatic heterocycles. The second kappa shape index (κ2) is 10.1. The minimum atomic E-state index is -0.0350. The number of nitrogens with one attached hydrogen (secondary N) is 2. The predicted molar refractivity (Wildman–Crippen MR) is 102 cm³/mol. The van der Waals surface area contributed by atoms with E-state index >= 15 is 0 Å². The molecule has 1 saturated heterocycles. The summed E-state index contributed by atoms with van der Waals surface area (Å²) in [5.74, 6) is 0.932. The third kappa shape index (κ3) is 6.07. The quantitative estimate of drug-likeness (QED) is 0.829. The van der Waals surface area contributed by atoms with Crippen molar-refractivity contribution in [2.45, 2.75) is 38.5 Å². The number of benzene rings is 2. The third-order valence-corrected chi connectivity index (χ3v) is 4.27. The lowest BCUT2D eigenvalue weighted by atomic mass is 10.0. The van der Waals surface area contributed by atoms with Gasteiger partial charge in [-0.15, -0.1) is 12.4 Å². The summed E-state index contributed by atoms with van der Waals surface area (Å²) in [5.41, 5.74) is 2.22. The SMILES string of the molecule is Cl.O=C(NCc1ccc(OCc2ccccc2)cc1)C1CCCCN1. The van der Waals surface area contributed by atoms with Crippen LogP contribution in [0.2, 0.25) is 0 Å². The van der Waals surface area contributed by atoms with E-state index in [1.165, 1.54) is 0 Å². The lowest BCUT2D eigenvalue weighted by Gasteiger charge is -2.22. The van der Waals surface area contributed by atoms with Crippen LogP contribution in [0.15, 0.2) is 54.6 Å². The molecule has 25 heavy (non-hydrogen) atoms. The van der Waals surface area contributed by atoms with Crippen molar-refractivity contribution in [1.29, 1.82) is 0 Å². The first kappa shape index (κ1) is 19.3. The minimum Gasteiger partial charge on any atom is -0.489 e. The zero-order valence-electron chi connectivity index (χ0n) is 14.2. The highest BCUT2D eigenvalue weighted by atomic mass is 35.5. The number of carbonyl (C=O) groups is 1. The van der Waals surface area contributed by atoms with Crippen LogP contribution in [0.5, 0.6) is 5.75 Å². The maximum atomic E-state index is 12.1. The first-order valence-corrected chi connectivity index (χ1v) is 8.58. The number of amides is 1. The smallest absolute Gasteiger partial charge is 0.237 e. The largest absolute Gasteiger partial charge is 0.489 e. The van der Waals surface area contributed by atoms with Gasteiger partial charge in [-0.3, -0.25) is 4.79 Å². The van der Waals surface area contributed by atoms with E-state index in [9.17, 15) is 4.79 Å². The fraction of sp³-hybridized carbons (Fsp3) is 0.350. The van der Waals surface area contributed by atoms with Crippen molar-refractivity contribution in [3.63, 3.8) is 0 Å². The van der Waals surface area contributed by atoms with Crippen molar-refractivity contribution in [2.75, 3.05) is 6.54 Å². The molecule has 1 atom stereocenters. The Kier molecular flexibility index (Phi) is 7.76. The maximum absolute atomic E-state index is 12.1. The van der Waals surface area contributed by atoms with Crippen LogP contribution in [-0.4, -0.2) is 18.5 Å². The maximum Gasteiger partial charge on any atom is 0.237 e. The molecule has 0 radical (unpaired) electrons. The van der Waals surface area contributed by atoms with Gasteiger partial charge in [0.1, 0.15) is 12.4 Å². The summed E-state index contributed by atoms with van der Waals surface area (Å²) >= 11 is 0. The Hall–Kier alpha value is -2.04.